The first kappa shape index (κ1) is 21.3. The molecule has 0 radical (unpaired) electrons. The van der Waals surface area contributed by atoms with E-state index in [0.717, 1.165) is 18.2 Å². The Morgan fingerprint density at radius 1 is 1.12 bits per heavy atom. The predicted molar refractivity (Wildman–Crippen MR) is 117 cm³/mol. The molecule has 164 valence electrons. The zero-order valence-corrected chi connectivity index (χ0v) is 17.9. The van der Waals surface area contributed by atoms with Crippen molar-refractivity contribution in [2.24, 2.45) is 7.05 Å². The molecule has 0 aliphatic rings. The number of carboxylic acid groups (broad SMARTS) is 1. The van der Waals surface area contributed by atoms with Crippen molar-refractivity contribution >= 4 is 32.5 Å². The van der Waals surface area contributed by atoms with Crippen molar-refractivity contribution < 1.29 is 27.4 Å². The summed E-state index contributed by atoms with van der Waals surface area (Å²) in [6.45, 7) is 0. The number of nitrogens with one attached hydrogen (secondary N) is 1. The number of rotatable bonds is 6. The van der Waals surface area contributed by atoms with Crippen molar-refractivity contribution in [3.8, 4) is 17.0 Å². The van der Waals surface area contributed by atoms with Gasteiger partial charge in [0.05, 0.1) is 23.3 Å². The lowest BCUT2D eigenvalue weighted by molar-refractivity contribution is 0.0692. The number of fused-ring (bicyclic) bond motifs is 1. The molecule has 4 rings (SSSR count). The first-order chi connectivity index (χ1) is 15.2. The van der Waals surface area contributed by atoms with Crippen LogP contribution in [0.5, 0.6) is 5.75 Å². The first-order valence-corrected chi connectivity index (χ1v) is 10.8. The first-order valence-electron chi connectivity index (χ1n) is 9.36. The molecule has 0 aliphatic carbocycles. The van der Waals surface area contributed by atoms with Gasteiger partial charge in [0.2, 0.25) is 0 Å². The fourth-order valence-corrected chi connectivity index (χ4v) is 4.84. The molecule has 0 unspecified atom stereocenters. The maximum atomic E-state index is 13.7. The van der Waals surface area contributed by atoms with E-state index in [1.54, 1.807) is 48.3 Å². The van der Waals surface area contributed by atoms with Crippen LogP contribution in [0.25, 0.3) is 22.0 Å². The van der Waals surface area contributed by atoms with E-state index < -0.39 is 27.4 Å². The summed E-state index contributed by atoms with van der Waals surface area (Å²) in [5, 5.41) is 14.3. The van der Waals surface area contributed by atoms with Gasteiger partial charge in [0.25, 0.3) is 10.0 Å². The number of carbonyl (C=O) groups is 1. The summed E-state index contributed by atoms with van der Waals surface area (Å²) in [6.07, 6.45) is 1.59. The Bertz CT molecular complexity index is 1460. The van der Waals surface area contributed by atoms with Gasteiger partial charge in [-0.2, -0.15) is 5.10 Å². The van der Waals surface area contributed by atoms with Crippen molar-refractivity contribution in [3.05, 3.63) is 72.2 Å². The minimum absolute atomic E-state index is 0.0497. The Morgan fingerprint density at radius 2 is 1.84 bits per heavy atom. The van der Waals surface area contributed by atoms with Crippen LogP contribution in [0.1, 0.15) is 10.4 Å². The Labute approximate surface area is 182 Å². The number of halogens is 1. The van der Waals surface area contributed by atoms with Gasteiger partial charge < -0.3 is 9.84 Å². The highest BCUT2D eigenvalue weighted by molar-refractivity contribution is 7.93. The molecular formula is C22H18FN3O5S. The third kappa shape index (κ3) is 3.65. The molecule has 0 saturated carbocycles. The average Bonchev–Trinajstić information content (AvgIpc) is 3.19. The monoisotopic (exact) mass is 455 g/mol. The minimum Gasteiger partial charge on any atom is -0.495 e. The molecule has 1 aromatic heterocycles. The lowest BCUT2D eigenvalue weighted by Crippen LogP contribution is -2.15. The number of carboxylic acids is 1. The average molecular weight is 455 g/mol. The van der Waals surface area contributed by atoms with Crippen LogP contribution < -0.4 is 9.46 Å². The molecular weight excluding hydrogens is 437 g/mol. The molecule has 32 heavy (non-hydrogen) atoms. The quantitative estimate of drug-likeness (QED) is 0.456. The zero-order chi connectivity index (χ0) is 23.0. The van der Waals surface area contributed by atoms with Gasteiger partial charge in [-0.1, -0.05) is 24.3 Å². The normalized spacial score (nSPS) is 11.5. The van der Waals surface area contributed by atoms with E-state index in [4.69, 9.17) is 9.84 Å². The van der Waals surface area contributed by atoms with E-state index in [9.17, 15) is 17.6 Å². The molecule has 0 atom stereocenters. The molecule has 1 heterocycles. The van der Waals surface area contributed by atoms with E-state index in [1.165, 1.54) is 13.2 Å². The maximum Gasteiger partial charge on any atom is 0.338 e. The Balaban J connectivity index is 1.93. The third-order valence-corrected chi connectivity index (χ3v) is 6.42. The van der Waals surface area contributed by atoms with Crippen LogP contribution in [0, 0.1) is 5.82 Å². The second-order valence-electron chi connectivity index (χ2n) is 6.95. The van der Waals surface area contributed by atoms with Gasteiger partial charge in [0.15, 0.2) is 0 Å². The molecule has 0 aliphatic heterocycles. The summed E-state index contributed by atoms with van der Waals surface area (Å²) in [6, 6.07) is 13.0. The second-order valence-corrected chi connectivity index (χ2v) is 8.60. The lowest BCUT2D eigenvalue weighted by Gasteiger charge is -2.17. The van der Waals surface area contributed by atoms with Crippen molar-refractivity contribution in [2.75, 3.05) is 11.8 Å². The van der Waals surface area contributed by atoms with Gasteiger partial charge in [-0.3, -0.25) is 9.40 Å². The number of hydrogen-bond acceptors (Lipinski definition) is 5. The summed E-state index contributed by atoms with van der Waals surface area (Å²) < 4.78 is 50.0. The van der Waals surface area contributed by atoms with E-state index in [-0.39, 0.29) is 10.6 Å². The van der Waals surface area contributed by atoms with Crippen LogP contribution >= 0.6 is 0 Å². The fraction of sp³-hybridized carbons (Fsp3) is 0.0909. The SMILES string of the molecule is COc1c(-c2ccnn2C)cc(S(=O)(=O)Nc2ccc(F)c(C(=O)O)c2)c2ccccc12. The molecule has 4 aromatic rings. The molecule has 0 amide bonds. The van der Waals surface area contributed by atoms with Crippen molar-refractivity contribution in [2.45, 2.75) is 4.90 Å². The van der Waals surface area contributed by atoms with Crippen LogP contribution in [0.15, 0.2) is 65.7 Å². The fourth-order valence-electron chi connectivity index (χ4n) is 3.55. The number of anilines is 1. The number of methoxy groups -OCH3 is 1. The predicted octanol–water partition coefficient (Wildman–Crippen LogP) is 3.89. The summed E-state index contributed by atoms with van der Waals surface area (Å²) >= 11 is 0. The van der Waals surface area contributed by atoms with E-state index in [1.807, 2.05) is 0 Å². The smallest absolute Gasteiger partial charge is 0.338 e. The highest BCUT2D eigenvalue weighted by Crippen LogP contribution is 2.40. The van der Waals surface area contributed by atoms with Crippen molar-refractivity contribution in [3.63, 3.8) is 0 Å². The van der Waals surface area contributed by atoms with Gasteiger partial charge >= 0.3 is 5.97 Å². The molecule has 0 bridgehead atoms. The summed E-state index contributed by atoms with van der Waals surface area (Å²) in [5.41, 5.74) is 0.432. The highest BCUT2D eigenvalue weighted by atomic mass is 32.2. The third-order valence-electron chi connectivity index (χ3n) is 5.00. The van der Waals surface area contributed by atoms with Crippen LogP contribution in [-0.4, -0.2) is 36.4 Å². The number of hydrogen-bond donors (Lipinski definition) is 2. The Kier molecular flexibility index (Phi) is 5.31. The molecule has 0 spiro atoms. The number of aromatic carboxylic acids is 1. The topological polar surface area (TPSA) is 111 Å². The number of aryl methyl sites for hydroxylation is 1. The standard InChI is InChI=1S/C22H18FN3O5S/c1-26-19(9-10-24-26)17-12-20(14-5-3-4-6-15(14)21(17)31-2)32(29,30)25-13-7-8-18(23)16(11-13)22(27)28/h3-12,25H,1-2H3,(H,27,28). The van der Waals surface area contributed by atoms with E-state index >= 15 is 0 Å². The zero-order valence-electron chi connectivity index (χ0n) is 17.0. The molecule has 3 aromatic carbocycles. The summed E-state index contributed by atoms with van der Waals surface area (Å²) in [4.78, 5) is 11.2. The Hall–Kier alpha value is -3.92. The van der Waals surface area contributed by atoms with Crippen molar-refractivity contribution in [1.29, 1.82) is 0 Å². The van der Waals surface area contributed by atoms with Gasteiger partial charge in [-0.15, -0.1) is 0 Å². The molecule has 8 nitrogen and oxygen atoms in total. The number of benzene rings is 3. The number of aromatic nitrogens is 2. The highest BCUT2D eigenvalue weighted by Gasteiger charge is 2.24. The van der Waals surface area contributed by atoms with Gasteiger partial charge in [0.1, 0.15) is 11.6 Å². The minimum atomic E-state index is -4.20. The van der Waals surface area contributed by atoms with Crippen LogP contribution in [0.4, 0.5) is 10.1 Å². The number of nitrogens with zero attached hydrogens (tertiary/aromatic N) is 2. The van der Waals surface area contributed by atoms with E-state index in [0.29, 0.717) is 27.8 Å². The molecule has 0 fully saturated rings. The van der Waals surface area contributed by atoms with Crippen LogP contribution in [0.2, 0.25) is 0 Å². The Morgan fingerprint density at radius 3 is 2.47 bits per heavy atom. The van der Waals surface area contributed by atoms with Gasteiger partial charge in [-0.25, -0.2) is 17.6 Å². The van der Waals surface area contributed by atoms with Crippen molar-refractivity contribution in [1.82, 2.24) is 9.78 Å². The maximum absolute atomic E-state index is 13.7. The molecule has 0 saturated heterocycles. The van der Waals surface area contributed by atoms with Gasteiger partial charge in [-0.05, 0) is 30.3 Å². The number of ether oxygens (including phenoxy) is 1. The summed E-state index contributed by atoms with van der Waals surface area (Å²) in [5.74, 6) is -1.98. The van der Waals surface area contributed by atoms with Crippen LogP contribution in [0.3, 0.4) is 0 Å². The lowest BCUT2D eigenvalue weighted by atomic mass is 10.0. The van der Waals surface area contributed by atoms with Gasteiger partial charge in [0, 0.05) is 35.3 Å². The molecule has 10 heteroatoms. The largest absolute Gasteiger partial charge is 0.495 e. The second kappa shape index (κ2) is 7.97. The molecule has 2 N–H and O–H groups in total. The van der Waals surface area contributed by atoms with Crippen LogP contribution in [-0.2, 0) is 17.1 Å². The summed E-state index contributed by atoms with van der Waals surface area (Å²) in [7, 11) is -0.973. The number of sulfonamides is 1. The van der Waals surface area contributed by atoms with E-state index in [2.05, 4.69) is 9.82 Å².